The van der Waals surface area contributed by atoms with Crippen molar-refractivity contribution in [3.05, 3.63) is 30.1 Å². The number of carbonyl (C=O) groups excluding carboxylic acids is 1. The molecule has 0 saturated carbocycles. The molecule has 19 heavy (non-hydrogen) atoms. The van der Waals surface area contributed by atoms with Gasteiger partial charge >= 0.3 is 0 Å². The fourth-order valence-electron chi connectivity index (χ4n) is 2.40. The molecule has 5 nitrogen and oxygen atoms in total. The van der Waals surface area contributed by atoms with E-state index in [-0.39, 0.29) is 11.7 Å². The van der Waals surface area contributed by atoms with Crippen molar-refractivity contribution in [2.75, 3.05) is 19.3 Å². The molecule has 0 N–H and O–H groups in total. The second kappa shape index (κ2) is 5.79. The topological polar surface area (TPSA) is 67.3 Å². The molecule has 0 aliphatic carbocycles. The molecule has 104 valence electrons. The molecule has 2 rings (SSSR count). The van der Waals surface area contributed by atoms with Gasteiger partial charge in [0.2, 0.25) is 10.0 Å². The molecule has 1 aliphatic rings. The van der Waals surface area contributed by atoms with Gasteiger partial charge in [0, 0.05) is 37.5 Å². The number of nitrogens with zero attached hydrogens (tertiary/aromatic N) is 2. The molecule has 1 saturated heterocycles. The van der Waals surface area contributed by atoms with Gasteiger partial charge in [-0.25, -0.2) is 12.7 Å². The highest BCUT2D eigenvalue weighted by atomic mass is 32.2. The van der Waals surface area contributed by atoms with Crippen molar-refractivity contribution in [1.29, 1.82) is 0 Å². The van der Waals surface area contributed by atoms with Crippen LogP contribution in [0.25, 0.3) is 0 Å². The van der Waals surface area contributed by atoms with Crippen molar-refractivity contribution in [3.8, 4) is 0 Å². The smallest absolute Gasteiger partial charge is 0.211 e. The first-order valence-electron chi connectivity index (χ1n) is 6.35. The van der Waals surface area contributed by atoms with Gasteiger partial charge in [-0.15, -0.1) is 0 Å². The Morgan fingerprint density at radius 2 is 2.32 bits per heavy atom. The van der Waals surface area contributed by atoms with Gasteiger partial charge in [0.25, 0.3) is 0 Å². The average Bonchev–Trinajstić information content (AvgIpc) is 2.39. The summed E-state index contributed by atoms with van der Waals surface area (Å²) in [6.45, 7) is 1.02. The predicted molar refractivity (Wildman–Crippen MR) is 72.3 cm³/mol. The molecule has 1 aromatic heterocycles. The Balaban J connectivity index is 1.98. The molecule has 2 heterocycles. The van der Waals surface area contributed by atoms with Gasteiger partial charge in [-0.1, -0.05) is 0 Å². The molecule has 1 aliphatic heterocycles. The number of aromatic nitrogens is 1. The monoisotopic (exact) mass is 282 g/mol. The van der Waals surface area contributed by atoms with Crippen LogP contribution in [0.1, 0.15) is 29.6 Å². The van der Waals surface area contributed by atoms with E-state index in [1.165, 1.54) is 10.6 Å². The lowest BCUT2D eigenvalue weighted by Gasteiger charge is -2.30. The first kappa shape index (κ1) is 14.1. The molecule has 1 fully saturated rings. The third-order valence-corrected chi connectivity index (χ3v) is 4.68. The Morgan fingerprint density at radius 3 is 2.95 bits per heavy atom. The number of sulfonamides is 1. The highest BCUT2D eigenvalue weighted by molar-refractivity contribution is 7.88. The Labute approximate surface area is 113 Å². The van der Waals surface area contributed by atoms with Gasteiger partial charge in [0.05, 0.1) is 6.26 Å². The minimum Gasteiger partial charge on any atom is -0.294 e. The van der Waals surface area contributed by atoms with Crippen molar-refractivity contribution in [2.45, 2.75) is 19.3 Å². The summed E-state index contributed by atoms with van der Waals surface area (Å²) in [7, 11) is -3.15. The Bertz CT molecular complexity index is 542. The summed E-state index contributed by atoms with van der Waals surface area (Å²) in [6, 6.07) is 3.48. The number of hydrogen-bond acceptors (Lipinski definition) is 4. The average molecular weight is 282 g/mol. The Kier molecular flexibility index (Phi) is 4.31. The van der Waals surface area contributed by atoms with Gasteiger partial charge in [-0.3, -0.25) is 9.78 Å². The maximum Gasteiger partial charge on any atom is 0.211 e. The predicted octanol–water partition coefficient (Wildman–Crippen LogP) is 1.33. The largest absolute Gasteiger partial charge is 0.294 e. The SMILES string of the molecule is CS(=O)(=O)N1CCCC(CC(=O)c2cccnc2)C1. The standard InChI is InChI=1S/C13H18N2O3S/c1-19(17,18)15-7-3-4-11(10-15)8-13(16)12-5-2-6-14-9-12/h2,5-6,9,11H,3-4,7-8,10H2,1H3. The number of rotatable bonds is 4. The maximum atomic E-state index is 12.1. The van der Waals surface area contributed by atoms with Gasteiger partial charge in [0.1, 0.15) is 0 Å². The number of Topliss-reactive ketones (excluding diaryl/α,β-unsaturated/α-hetero) is 1. The fraction of sp³-hybridized carbons (Fsp3) is 0.538. The summed E-state index contributed by atoms with van der Waals surface area (Å²) in [5.74, 6) is 0.143. The van der Waals surface area contributed by atoms with Gasteiger partial charge in [-0.05, 0) is 30.9 Å². The van der Waals surface area contributed by atoms with Crippen molar-refractivity contribution < 1.29 is 13.2 Å². The van der Waals surface area contributed by atoms with Crippen molar-refractivity contribution in [2.24, 2.45) is 5.92 Å². The van der Waals surface area contributed by atoms with E-state index in [1.54, 1.807) is 24.5 Å². The number of carbonyl (C=O) groups is 1. The number of hydrogen-bond donors (Lipinski definition) is 0. The van der Waals surface area contributed by atoms with Gasteiger partial charge in [-0.2, -0.15) is 0 Å². The van der Waals surface area contributed by atoms with Crippen LogP contribution in [0.5, 0.6) is 0 Å². The summed E-state index contributed by atoms with van der Waals surface area (Å²) in [5, 5.41) is 0. The van der Waals surface area contributed by atoms with Gasteiger partial charge < -0.3 is 0 Å². The molecule has 1 aromatic rings. The van der Waals surface area contributed by atoms with E-state index in [0.29, 0.717) is 25.1 Å². The molecule has 0 aromatic carbocycles. The van der Waals surface area contributed by atoms with Crippen molar-refractivity contribution in [1.82, 2.24) is 9.29 Å². The van der Waals surface area contributed by atoms with Crippen molar-refractivity contribution >= 4 is 15.8 Å². The molecule has 1 atom stereocenters. The van der Waals surface area contributed by atoms with E-state index >= 15 is 0 Å². The van der Waals surface area contributed by atoms with Crippen LogP contribution in [0, 0.1) is 5.92 Å². The van der Waals surface area contributed by atoms with E-state index in [0.717, 1.165) is 12.8 Å². The first-order valence-corrected chi connectivity index (χ1v) is 8.20. The minimum absolute atomic E-state index is 0.0356. The zero-order valence-electron chi connectivity index (χ0n) is 10.9. The van der Waals surface area contributed by atoms with Crippen LogP contribution < -0.4 is 0 Å². The van der Waals surface area contributed by atoms with Gasteiger partial charge in [0.15, 0.2) is 5.78 Å². The second-order valence-electron chi connectivity index (χ2n) is 5.00. The van der Waals surface area contributed by atoms with Crippen LogP contribution in [0.15, 0.2) is 24.5 Å². The van der Waals surface area contributed by atoms with Crippen molar-refractivity contribution in [3.63, 3.8) is 0 Å². The number of pyridine rings is 1. The van der Waals surface area contributed by atoms with E-state index in [9.17, 15) is 13.2 Å². The normalized spacial score (nSPS) is 21.2. The molecule has 1 unspecified atom stereocenters. The summed E-state index contributed by atoms with van der Waals surface area (Å²) in [4.78, 5) is 16.0. The third-order valence-electron chi connectivity index (χ3n) is 3.41. The molecule has 0 radical (unpaired) electrons. The van der Waals surface area contributed by atoms with E-state index in [1.807, 2.05) is 0 Å². The molecule has 0 amide bonds. The van der Waals surface area contributed by atoms with Crippen LogP contribution in [0.3, 0.4) is 0 Å². The first-order chi connectivity index (χ1) is 8.97. The van der Waals surface area contributed by atoms with Crippen LogP contribution >= 0.6 is 0 Å². The lowest BCUT2D eigenvalue weighted by molar-refractivity contribution is 0.0942. The quantitative estimate of drug-likeness (QED) is 0.781. The second-order valence-corrected chi connectivity index (χ2v) is 6.98. The summed E-state index contributed by atoms with van der Waals surface area (Å²) >= 11 is 0. The third kappa shape index (κ3) is 3.84. The van der Waals surface area contributed by atoms with E-state index in [4.69, 9.17) is 0 Å². The summed E-state index contributed by atoms with van der Waals surface area (Å²) in [6.07, 6.45) is 6.51. The minimum atomic E-state index is -3.15. The highest BCUT2D eigenvalue weighted by Gasteiger charge is 2.27. The van der Waals surface area contributed by atoms with Crippen LogP contribution in [0.2, 0.25) is 0 Å². The molecule has 0 bridgehead atoms. The zero-order chi connectivity index (χ0) is 13.9. The maximum absolute atomic E-state index is 12.1. The molecular weight excluding hydrogens is 264 g/mol. The Morgan fingerprint density at radius 1 is 1.53 bits per heavy atom. The summed E-state index contributed by atoms with van der Waals surface area (Å²) < 4.78 is 24.5. The number of ketones is 1. The Hall–Kier alpha value is -1.27. The van der Waals surface area contributed by atoms with E-state index < -0.39 is 10.0 Å². The fourth-order valence-corrected chi connectivity index (χ4v) is 3.34. The molecule has 6 heteroatoms. The zero-order valence-corrected chi connectivity index (χ0v) is 11.8. The van der Waals surface area contributed by atoms with Crippen LogP contribution in [-0.4, -0.2) is 42.8 Å². The van der Waals surface area contributed by atoms with Crippen LogP contribution in [0.4, 0.5) is 0 Å². The molecule has 0 spiro atoms. The lowest BCUT2D eigenvalue weighted by Crippen LogP contribution is -2.39. The lowest BCUT2D eigenvalue weighted by atomic mass is 9.92. The summed E-state index contributed by atoms with van der Waals surface area (Å²) in [5.41, 5.74) is 0.596. The molecular formula is C13H18N2O3S. The number of piperidine rings is 1. The van der Waals surface area contributed by atoms with E-state index in [2.05, 4.69) is 4.98 Å². The highest BCUT2D eigenvalue weighted by Crippen LogP contribution is 2.22. The van der Waals surface area contributed by atoms with Crippen LogP contribution in [-0.2, 0) is 10.0 Å².